The van der Waals surface area contributed by atoms with Gasteiger partial charge in [-0.2, -0.15) is 8.42 Å². The molecule has 51 heavy (non-hydrogen) atoms. The molecule has 13 heteroatoms. The summed E-state index contributed by atoms with van der Waals surface area (Å²) in [6, 6.07) is 21.7. The van der Waals surface area contributed by atoms with Crippen molar-refractivity contribution in [3.63, 3.8) is 0 Å². The minimum absolute atomic E-state index is 0. The summed E-state index contributed by atoms with van der Waals surface area (Å²) in [5.41, 5.74) is 0.958. The van der Waals surface area contributed by atoms with Gasteiger partial charge in [-0.25, -0.2) is 8.42 Å². The van der Waals surface area contributed by atoms with Gasteiger partial charge in [-0.05, 0) is 67.1 Å². The minimum Gasteiger partial charge on any atom is -0.870 e. The molecule has 0 bridgehead atoms. The molecule has 0 saturated carbocycles. The van der Waals surface area contributed by atoms with Gasteiger partial charge in [0.2, 0.25) is 0 Å². The Morgan fingerprint density at radius 3 is 1.49 bits per heavy atom. The maximum Gasteiger partial charge on any atom is 2.00 e. The topological polar surface area (TPSA) is 173 Å². The van der Waals surface area contributed by atoms with Crippen LogP contribution in [0.25, 0.3) is 0 Å². The quantitative estimate of drug-likeness (QED) is 0.0568. The van der Waals surface area contributed by atoms with Crippen molar-refractivity contribution in [1.29, 1.82) is 0 Å². The molecule has 0 spiro atoms. The van der Waals surface area contributed by atoms with Crippen molar-refractivity contribution >= 4 is 58.0 Å². The summed E-state index contributed by atoms with van der Waals surface area (Å²) in [4.78, 5) is -0.595. The third-order valence-corrected chi connectivity index (χ3v) is 9.83. The molecule has 0 fully saturated rings. The molecule has 10 nitrogen and oxygen atoms in total. The molecule has 0 heterocycles. The van der Waals surface area contributed by atoms with Gasteiger partial charge >= 0.3 is 37.7 Å². The number of hydrogen-bond donors (Lipinski definition) is 2. The third kappa shape index (κ3) is 14.6. The number of benzene rings is 4. The van der Waals surface area contributed by atoms with E-state index in [-0.39, 0.29) is 82.0 Å². The van der Waals surface area contributed by atoms with E-state index in [1.165, 1.54) is 36.4 Å². The van der Waals surface area contributed by atoms with Crippen molar-refractivity contribution in [3.8, 4) is 34.5 Å². The van der Waals surface area contributed by atoms with Crippen LogP contribution in [0.4, 0.5) is 0 Å². The SMILES string of the molecule is CCCCCCCc1cccc(Oc2ccccc2O)c1S(=O)(=O)O.CCCCCCCc1cccc(Oc2ccccc2[O-])c1S(=O)(=O)[O-].[Ca+2]. The van der Waals surface area contributed by atoms with Crippen molar-refractivity contribution in [1.82, 2.24) is 0 Å². The predicted octanol–water partition coefficient (Wildman–Crippen LogP) is 8.53. The Hall–Kier alpha value is -2.84. The number of aromatic hydroxyl groups is 1. The first kappa shape index (κ1) is 44.3. The van der Waals surface area contributed by atoms with Crippen molar-refractivity contribution in [2.75, 3.05) is 0 Å². The molecule has 2 N–H and O–H groups in total. The summed E-state index contributed by atoms with van der Waals surface area (Å²) in [6.07, 6.45) is 11.4. The number of aryl methyl sites for hydroxylation is 2. The zero-order valence-corrected chi connectivity index (χ0v) is 33.1. The molecule has 272 valence electrons. The average Bonchev–Trinajstić information content (AvgIpc) is 3.06. The van der Waals surface area contributed by atoms with Gasteiger partial charge in [0.15, 0.2) is 11.5 Å². The Labute approximate surface area is 332 Å². The number of ether oxygens (including phenoxy) is 2. The second-order valence-electron chi connectivity index (χ2n) is 11.9. The molecule has 0 aliphatic rings. The molecule has 0 aromatic heterocycles. The third-order valence-electron chi connectivity index (χ3n) is 7.88. The second-order valence-corrected chi connectivity index (χ2v) is 14.5. The molecule has 4 aromatic rings. The summed E-state index contributed by atoms with van der Waals surface area (Å²) in [5.74, 6) is -0.435. The zero-order valence-electron chi connectivity index (χ0n) is 29.3. The normalized spacial score (nSPS) is 11.2. The van der Waals surface area contributed by atoms with E-state index in [0.29, 0.717) is 24.0 Å². The maximum atomic E-state index is 11.9. The number of hydrogen-bond acceptors (Lipinski definition) is 9. The van der Waals surface area contributed by atoms with Gasteiger partial charge in [0.25, 0.3) is 10.1 Å². The van der Waals surface area contributed by atoms with Gasteiger partial charge in [-0.1, -0.05) is 126 Å². The minimum atomic E-state index is -4.72. The van der Waals surface area contributed by atoms with Gasteiger partial charge in [-0.3, -0.25) is 4.55 Å². The van der Waals surface area contributed by atoms with Crippen molar-refractivity contribution < 1.29 is 45.6 Å². The van der Waals surface area contributed by atoms with Gasteiger partial charge in [0.05, 0.1) is 0 Å². The molecule has 0 saturated heterocycles. The summed E-state index contributed by atoms with van der Waals surface area (Å²) in [6.45, 7) is 4.26. The second kappa shape index (κ2) is 22.3. The van der Waals surface area contributed by atoms with Crippen molar-refractivity contribution in [2.24, 2.45) is 0 Å². The van der Waals surface area contributed by atoms with E-state index >= 15 is 0 Å². The monoisotopic (exact) mass is 766 g/mol. The number of rotatable bonds is 18. The summed E-state index contributed by atoms with van der Waals surface area (Å²) in [7, 11) is -9.17. The van der Waals surface area contributed by atoms with E-state index in [1.807, 2.05) is 0 Å². The largest absolute Gasteiger partial charge is 2.00 e. The molecule has 4 rings (SSSR count). The van der Waals surface area contributed by atoms with E-state index in [9.17, 15) is 36.2 Å². The fourth-order valence-electron chi connectivity index (χ4n) is 5.41. The fraction of sp³-hybridized carbons (Fsp3) is 0.368. The number of para-hydroxylation sites is 4. The Morgan fingerprint density at radius 1 is 0.569 bits per heavy atom. The predicted molar refractivity (Wildman–Crippen MR) is 195 cm³/mol. The van der Waals surface area contributed by atoms with Crippen LogP contribution in [0.5, 0.6) is 34.5 Å². The van der Waals surface area contributed by atoms with E-state index in [4.69, 9.17) is 9.47 Å². The summed E-state index contributed by atoms with van der Waals surface area (Å²) < 4.78 is 79.8. The first-order valence-electron chi connectivity index (χ1n) is 16.9. The smallest absolute Gasteiger partial charge is 0.870 e. The molecular formula is C38H46CaO10S2. The molecule has 0 radical (unpaired) electrons. The van der Waals surface area contributed by atoms with Crippen LogP contribution >= 0.6 is 0 Å². The van der Waals surface area contributed by atoms with E-state index in [0.717, 1.165) is 64.2 Å². The standard InChI is InChI=1S/2C19H24O5S.Ca/c2*1-2-3-4-5-6-10-15-11-9-14-18(19(15)25(21,22)23)24-17-13-8-7-12-16(17)20;/h2*7-9,11-14,20H,2-6,10H2,1H3,(H,21,22,23);/q;;+2/p-2. The van der Waals surface area contributed by atoms with Crippen LogP contribution in [0.15, 0.2) is 94.7 Å². The Kier molecular flexibility index (Phi) is 19.4. The van der Waals surface area contributed by atoms with Crippen LogP contribution < -0.4 is 14.6 Å². The van der Waals surface area contributed by atoms with Gasteiger partial charge in [-0.15, -0.1) is 0 Å². The zero-order chi connectivity index (χ0) is 36.6. The van der Waals surface area contributed by atoms with Gasteiger partial charge < -0.3 is 24.2 Å². The van der Waals surface area contributed by atoms with E-state index in [2.05, 4.69) is 13.8 Å². The van der Waals surface area contributed by atoms with Gasteiger partial charge in [0.1, 0.15) is 37.2 Å². The van der Waals surface area contributed by atoms with Crippen LogP contribution in [0, 0.1) is 0 Å². The Balaban J connectivity index is 0.000000347. The summed E-state index contributed by atoms with van der Waals surface area (Å²) >= 11 is 0. The van der Waals surface area contributed by atoms with Crippen molar-refractivity contribution in [3.05, 3.63) is 96.1 Å². The van der Waals surface area contributed by atoms with Crippen LogP contribution in [0.1, 0.15) is 89.2 Å². The molecular weight excluding hydrogens is 721 g/mol. The molecule has 0 atom stereocenters. The molecule has 0 aliphatic heterocycles. The van der Waals surface area contributed by atoms with Crippen LogP contribution in [0.2, 0.25) is 0 Å². The number of phenols is 1. The van der Waals surface area contributed by atoms with Crippen LogP contribution in [-0.2, 0) is 33.1 Å². The first-order valence-corrected chi connectivity index (χ1v) is 19.8. The average molecular weight is 767 g/mol. The molecule has 0 unspecified atom stereocenters. The molecule has 0 aliphatic carbocycles. The molecule has 4 aromatic carbocycles. The first-order chi connectivity index (χ1) is 23.9. The van der Waals surface area contributed by atoms with Gasteiger partial charge in [0, 0.05) is 0 Å². The Bertz CT molecular complexity index is 1740. The fourth-order valence-corrected chi connectivity index (χ4v) is 7.12. The van der Waals surface area contributed by atoms with E-state index in [1.54, 1.807) is 48.5 Å². The summed E-state index contributed by atoms with van der Waals surface area (Å²) in [5, 5.41) is 21.6. The van der Waals surface area contributed by atoms with Crippen LogP contribution in [0.3, 0.4) is 0 Å². The van der Waals surface area contributed by atoms with Crippen molar-refractivity contribution in [2.45, 2.75) is 101 Å². The number of unbranched alkanes of at least 4 members (excludes halogenated alkanes) is 8. The van der Waals surface area contributed by atoms with E-state index < -0.39 is 20.2 Å². The molecule has 0 amide bonds. The number of phenolic OH excluding ortho intramolecular Hbond substituents is 1. The van der Waals surface area contributed by atoms with Crippen LogP contribution in [-0.4, -0.2) is 68.8 Å². The maximum absolute atomic E-state index is 11.9. The Morgan fingerprint density at radius 2 is 1.00 bits per heavy atom.